The summed E-state index contributed by atoms with van der Waals surface area (Å²) in [6, 6.07) is 25.7. The van der Waals surface area contributed by atoms with Crippen molar-refractivity contribution < 1.29 is 37.3 Å². The molecule has 37 heavy (non-hydrogen) atoms. The minimum Gasteiger partial charge on any atom is -0.391 e. The number of ether oxygens (including phenoxy) is 3. The summed E-state index contributed by atoms with van der Waals surface area (Å²) in [7, 11) is 2.48. The van der Waals surface area contributed by atoms with Crippen LogP contribution in [-0.2, 0) is 24.6 Å². The van der Waals surface area contributed by atoms with Crippen LogP contribution in [0.4, 0.5) is 13.2 Å². The molecule has 0 spiro atoms. The van der Waals surface area contributed by atoms with Gasteiger partial charge >= 0.3 is 6.18 Å². The molecule has 0 saturated carbocycles. The van der Waals surface area contributed by atoms with Gasteiger partial charge in [0, 0.05) is 20.6 Å². The summed E-state index contributed by atoms with van der Waals surface area (Å²) in [6.07, 6.45) is -7.26. The highest BCUT2D eigenvalue weighted by Crippen LogP contribution is 2.43. The summed E-state index contributed by atoms with van der Waals surface area (Å²) in [5, 5.41) is 10.6. The van der Waals surface area contributed by atoms with Gasteiger partial charge in [-0.15, -0.1) is 0 Å². The van der Waals surface area contributed by atoms with Gasteiger partial charge in [0.15, 0.2) is 0 Å². The van der Waals surface area contributed by atoms with Crippen molar-refractivity contribution in [3.8, 4) is 0 Å². The van der Waals surface area contributed by atoms with Gasteiger partial charge in [-0.2, -0.15) is 13.2 Å². The lowest BCUT2D eigenvalue weighted by atomic mass is 9.80. The van der Waals surface area contributed by atoms with E-state index in [1.165, 1.54) is 14.2 Å². The van der Waals surface area contributed by atoms with Gasteiger partial charge in [0.1, 0.15) is 18.4 Å². The number of carbonyl (C=O) groups is 1. The monoisotopic (exact) mass is 515 g/mol. The molecule has 3 aromatic carbocycles. The second kappa shape index (κ2) is 10.7. The average Bonchev–Trinajstić information content (AvgIpc) is 3.21. The van der Waals surface area contributed by atoms with E-state index in [1.54, 1.807) is 0 Å². The molecule has 0 radical (unpaired) electrons. The van der Waals surface area contributed by atoms with Crippen LogP contribution in [0, 0.1) is 0 Å². The van der Waals surface area contributed by atoms with Gasteiger partial charge in [-0.1, -0.05) is 91.0 Å². The number of carbonyl (C=O) groups excluding carboxylic acids is 1. The van der Waals surface area contributed by atoms with E-state index in [9.17, 15) is 23.1 Å². The zero-order valence-electron chi connectivity index (χ0n) is 20.4. The first-order valence-electron chi connectivity index (χ1n) is 11.7. The second-order valence-corrected chi connectivity index (χ2v) is 8.72. The number of halogens is 3. The number of benzene rings is 3. The first-order valence-corrected chi connectivity index (χ1v) is 11.7. The van der Waals surface area contributed by atoms with Crippen LogP contribution in [0.25, 0.3) is 0 Å². The molecule has 1 aliphatic rings. The Hall–Kier alpha value is -3.08. The Kier molecular flexibility index (Phi) is 7.82. The van der Waals surface area contributed by atoms with Crippen LogP contribution in [-0.4, -0.2) is 61.0 Å². The molecule has 1 aliphatic heterocycles. The van der Waals surface area contributed by atoms with Crippen molar-refractivity contribution in [1.29, 1.82) is 0 Å². The number of Topliss-reactive ketones (excluding diaryl/α,β-unsaturated/α-hetero) is 1. The SMILES string of the molecule is COC1(OC)CC(O)C(C(=O)C(F)(F)F)N1COC(c1ccccc1)(c1ccccc1)c1ccccc1. The topological polar surface area (TPSA) is 68.2 Å². The molecule has 196 valence electrons. The number of nitrogens with zero attached hydrogens (tertiary/aromatic N) is 1. The fraction of sp³-hybridized carbons (Fsp3) is 0.321. The fourth-order valence-corrected chi connectivity index (χ4v) is 4.99. The predicted octanol–water partition coefficient (Wildman–Crippen LogP) is 4.47. The van der Waals surface area contributed by atoms with Crippen molar-refractivity contribution in [3.63, 3.8) is 0 Å². The lowest BCUT2D eigenvalue weighted by molar-refractivity contribution is -0.305. The molecule has 6 nitrogen and oxygen atoms in total. The number of methoxy groups -OCH3 is 2. The molecule has 2 unspecified atom stereocenters. The fourth-order valence-electron chi connectivity index (χ4n) is 4.99. The number of hydrogen-bond acceptors (Lipinski definition) is 6. The summed E-state index contributed by atoms with van der Waals surface area (Å²) in [6.45, 7) is -0.538. The normalized spacial score (nSPS) is 20.2. The van der Waals surface area contributed by atoms with Crippen LogP contribution in [0.5, 0.6) is 0 Å². The van der Waals surface area contributed by atoms with Crippen LogP contribution < -0.4 is 0 Å². The van der Waals surface area contributed by atoms with Gasteiger partial charge in [-0.25, -0.2) is 4.90 Å². The number of likely N-dealkylation sites (tertiary alicyclic amines) is 1. The Morgan fingerprint density at radius 1 is 0.865 bits per heavy atom. The Bertz CT molecular complexity index is 1070. The van der Waals surface area contributed by atoms with Crippen LogP contribution in [0.15, 0.2) is 91.0 Å². The largest absolute Gasteiger partial charge is 0.451 e. The van der Waals surface area contributed by atoms with Crippen molar-refractivity contribution in [2.75, 3.05) is 21.0 Å². The third kappa shape index (κ3) is 4.93. The smallest absolute Gasteiger partial charge is 0.391 e. The van der Waals surface area contributed by atoms with E-state index in [0.717, 1.165) is 4.90 Å². The van der Waals surface area contributed by atoms with Crippen molar-refractivity contribution in [2.45, 2.75) is 36.3 Å². The quantitative estimate of drug-likeness (QED) is 0.335. The molecule has 2 atom stereocenters. The summed E-state index contributed by atoms with van der Waals surface area (Å²) < 4.78 is 58.2. The van der Waals surface area contributed by atoms with E-state index >= 15 is 0 Å². The summed E-state index contributed by atoms with van der Waals surface area (Å²) in [5.74, 6) is -3.93. The van der Waals surface area contributed by atoms with Gasteiger partial charge in [-0.05, 0) is 16.7 Å². The molecule has 9 heteroatoms. The van der Waals surface area contributed by atoms with E-state index in [4.69, 9.17) is 14.2 Å². The third-order valence-electron chi connectivity index (χ3n) is 6.75. The maximum absolute atomic E-state index is 13.6. The van der Waals surface area contributed by atoms with Crippen LogP contribution in [0.3, 0.4) is 0 Å². The van der Waals surface area contributed by atoms with E-state index in [0.29, 0.717) is 16.7 Å². The van der Waals surface area contributed by atoms with Gasteiger partial charge < -0.3 is 19.3 Å². The molecular weight excluding hydrogens is 487 g/mol. The van der Waals surface area contributed by atoms with E-state index in [1.807, 2.05) is 91.0 Å². The van der Waals surface area contributed by atoms with Crippen molar-refractivity contribution in [3.05, 3.63) is 108 Å². The number of alkyl halides is 3. The molecule has 1 fully saturated rings. The first kappa shape index (κ1) is 27.0. The zero-order valence-corrected chi connectivity index (χ0v) is 20.4. The number of ketones is 1. The summed E-state index contributed by atoms with van der Waals surface area (Å²) in [5.41, 5.74) is 0.861. The molecule has 0 amide bonds. The second-order valence-electron chi connectivity index (χ2n) is 8.72. The molecule has 1 saturated heterocycles. The van der Waals surface area contributed by atoms with E-state index in [-0.39, 0.29) is 6.42 Å². The number of aliphatic hydroxyl groups is 1. The Morgan fingerprint density at radius 2 is 1.27 bits per heavy atom. The third-order valence-corrected chi connectivity index (χ3v) is 6.75. The molecule has 0 aromatic heterocycles. The highest BCUT2D eigenvalue weighted by atomic mass is 19.4. The minimum atomic E-state index is -5.18. The number of aliphatic hydroxyl groups excluding tert-OH is 1. The van der Waals surface area contributed by atoms with E-state index in [2.05, 4.69) is 0 Å². The van der Waals surface area contributed by atoms with Gasteiger partial charge in [-0.3, -0.25) is 4.79 Å². The van der Waals surface area contributed by atoms with Gasteiger partial charge in [0.25, 0.3) is 5.78 Å². The van der Waals surface area contributed by atoms with E-state index < -0.39 is 42.3 Å². The molecule has 1 heterocycles. The molecule has 0 aliphatic carbocycles. The lowest BCUT2D eigenvalue weighted by Gasteiger charge is -2.42. The molecule has 1 N–H and O–H groups in total. The number of rotatable bonds is 9. The standard InChI is InChI=1S/C28H28F3NO5/c1-35-26(36-2)18-23(33)24(25(34)28(29,30)31)32(26)19-37-27(20-12-6-3-7-13-20,21-14-8-4-9-15-21)22-16-10-5-11-17-22/h3-17,23-24,33H,18-19H2,1-2H3. The van der Waals surface area contributed by atoms with Crippen molar-refractivity contribution in [1.82, 2.24) is 4.90 Å². The summed E-state index contributed by atoms with van der Waals surface area (Å²) >= 11 is 0. The highest BCUT2D eigenvalue weighted by molar-refractivity contribution is 5.90. The van der Waals surface area contributed by atoms with Gasteiger partial charge in [0.2, 0.25) is 5.91 Å². The number of hydrogen-bond donors (Lipinski definition) is 1. The maximum Gasteiger partial charge on any atom is 0.451 e. The highest BCUT2D eigenvalue weighted by Gasteiger charge is 2.60. The molecule has 4 rings (SSSR count). The Balaban J connectivity index is 1.87. The Morgan fingerprint density at radius 3 is 1.62 bits per heavy atom. The predicted molar refractivity (Wildman–Crippen MR) is 129 cm³/mol. The molecular formula is C28H28F3NO5. The van der Waals surface area contributed by atoms with Crippen molar-refractivity contribution >= 4 is 5.78 Å². The van der Waals surface area contributed by atoms with Crippen LogP contribution in [0.1, 0.15) is 23.1 Å². The van der Waals surface area contributed by atoms with Gasteiger partial charge in [0.05, 0.1) is 6.10 Å². The first-order chi connectivity index (χ1) is 17.7. The average molecular weight is 516 g/mol. The minimum absolute atomic E-state index is 0.384. The van der Waals surface area contributed by atoms with Crippen molar-refractivity contribution in [2.24, 2.45) is 0 Å². The Labute approximate surface area is 213 Å². The van der Waals surface area contributed by atoms with Crippen LogP contribution >= 0.6 is 0 Å². The van der Waals surface area contributed by atoms with Crippen LogP contribution in [0.2, 0.25) is 0 Å². The molecule has 0 bridgehead atoms. The summed E-state index contributed by atoms with van der Waals surface area (Å²) in [4.78, 5) is 13.4. The lowest BCUT2D eigenvalue weighted by Crippen LogP contribution is -2.57. The zero-order chi connectivity index (χ0) is 26.7. The maximum atomic E-state index is 13.6. The molecule has 3 aromatic rings.